The SMILES string of the molecule is CC.CC.CCCC.CCc1ccc(C)cc1.CS(=O)(=O)O.Cc1ccc2c(C)c(C)c(S(=O)(=O)O)cc2c1. The van der Waals surface area contributed by atoms with Gasteiger partial charge < -0.3 is 0 Å². The molecule has 0 unspecified atom stereocenters. The van der Waals surface area contributed by atoms with E-state index >= 15 is 0 Å². The fraction of sp³-hybridized carbons (Fsp3) is 0.484. The Labute approximate surface area is 239 Å². The van der Waals surface area contributed by atoms with Gasteiger partial charge in [0, 0.05) is 0 Å². The molecule has 0 aliphatic heterocycles. The summed E-state index contributed by atoms with van der Waals surface area (Å²) in [6.07, 6.45) is 4.49. The van der Waals surface area contributed by atoms with E-state index in [1.165, 1.54) is 30.0 Å². The predicted octanol–water partition coefficient (Wildman–Crippen LogP) is 8.93. The van der Waals surface area contributed by atoms with Crippen molar-refractivity contribution in [3.8, 4) is 0 Å². The highest BCUT2D eigenvalue weighted by atomic mass is 32.2. The largest absolute Gasteiger partial charge is 0.294 e. The summed E-state index contributed by atoms with van der Waals surface area (Å²) in [5.74, 6) is 0. The van der Waals surface area contributed by atoms with Crippen molar-refractivity contribution in [2.45, 2.75) is 100 Å². The summed E-state index contributed by atoms with van der Waals surface area (Å²) in [7, 11) is -7.83. The van der Waals surface area contributed by atoms with E-state index in [4.69, 9.17) is 4.55 Å². The monoisotopic (exact) mass is 584 g/mol. The predicted molar refractivity (Wildman–Crippen MR) is 169 cm³/mol. The molecule has 2 N–H and O–H groups in total. The van der Waals surface area contributed by atoms with Crippen LogP contribution in [-0.2, 0) is 26.7 Å². The van der Waals surface area contributed by atoms with Gasteiger partial charge in [0.1, 0.15) is 0 Å². The molecule has 0 heterocycles. The molecule has 0 aliphatic rings. The molecule has 0 spiro atoms. The Morgan fingerprint density at radius 1 is 0.641 bits per heavy atom. The van der Waals surface area contributed by atoms with Crippen LogP contribution in [0, 0.1) is 27.7 Å². The van der Waals surface area contributed by atoms with Crippen LogP contribution >= 0.6 is 0 Å². The molecule has 0 atom stereocenters. The van der Waals surface area contributed by atoms with Gasteiger partial charge in [-0.3, -0.25) is 9.11 Å². The molecule has 0 radical (unpaired) electrons. The smallest absolute Gasteiger partial charge is 0.286 e. The Kier molecular flexibility index (Phi) is 22.8. The van der Waals surface area contributed by atoms with Gasteiger partial charge in [0.15, 0.2) is 0 Å². The minimum Gasteiger partial charge on any atom is -0.286 e. The molecule has 3 aromatic carbocycles. The van der Waals surface area contributed by atoms with E-state index in [1.807, 2.05) is 59.7 Å². The molecule has 0 fully saturated rings. The molecule has 3 rings (SSSR count). The van der Waals surface area contributed by atoms with Crippen LogP contribution in [0.1, 0.15) is 89.1 Å². The highest BCUT2D eigenvalue weighted by Gasteiger charge is 2.16. The Morgan fingerprint density at radius 3 is 1.41 bits per heavy atom. The van der Waals surface area contributed by atoms with E-state index in [1.54, 1.807) is 6.92 Å². The summed E-state index contributed by atoms with van der Waals surface area (Å²) in [5, 5.41) is 1.85. The van der Waals surface area contributed by atoms with Crippen LogP contribution in [0.5, 0.6) is 0 Å². The summed E-state index contributed by atoms with van der Waals surface area (Å²) < 4.78 is 57.6. The lowest BCUT2D eigenvalue weighted by Gasteiger charge is -2.10. The normalized spacial score (nSPS) is 10.0. The van der Waals surface area contributed by atoms with Crippen molar-refractivity contribution >= 4 is 31.0 Å². The highest BCUT2D eigenvalue weighted by Crippen LogP contribution is 2.28. The minimum absolute atomic E-state index is 0.00639. The Hall–Kier alpha value is -2.26. The Balaban J connectivity index is -0.000000495. The lowest BCUT2D eigenvalue weighted by Crippen LogP contribution is -2.02. The number of hydrogen-bond acceptors (Lipinski definition) is 4. The Bertz CT molecular complexity index is 1270. The van der Waals surface area contributed by atoms with Gasteiger partial charge in [-0.05, 0) is 67.6 Å². The first-order chi connectivity index (χ1) is 18.0. The van der Waals surface area contributed by atoms with Crippen molar-refractivity contribution in [2.24, 2.45) is 0 Å². The van der Waals surface area contributed by atoms with Crippen molar-refractivity contribution in [1.29, 1.82) is 0 Å². The molecule has 0 aromatic heterocycles. The maximum absolute atomic E-state index is 11.3. The third-order valence-electron chi connectivity index (χ3n) is 5.14. The number of benzene rings is 3. The summed E-state index contributed by atoms with van der Waals surface area (Å²) in [6, 6.07) is 16.1. The third-order valence-corrected chi connectivity index (χ3v) is 6.12. The molecule has 0 saturated heterocycles. The summed E-state index contributed by atoms with van der Waals surface area (Å²) in [5.41, 5.74) is 5.30. The van der Waals surface area contributed by atoms with Crippen LogP contribution in [0.25, 0.3) is 10.8 Å². The third kappa shape index (κ3) is 19.4. The zero-order valence-electron chi connectivity index (χ0n) is 26.1. The van der Waals surface area contributed by atoms with E-state index in [0.29, 0.717) is 11.8 Å². The van der Waals surface area contributed by atoms with Gasteiger partial charge >= 0.3 is 0 Å². The second-order valence-electron chi connectivity index (χ2n) is 8.40. The van der Waals surface area contributed by atoms with Crippen molar-refractivity contribution in [1.82, 2.24) is 0 Å². The van der Waals surface area contributed by atoms with Crippen molar-refractivity contribution < 1.29 is 25.9 Å². The molecule has 6 nitrogen and oxygen atoms in total. The zero-order chi connectivity index (χ0) is 31.4. The lowest BCUT2D eigenvalue weighted by molar-refractivity contribution is 0.482. The fourth-order valence-electron chi connectivity index (χ4n) is 2.87. The molecule has 0 amide bonds. The van der Waals surface area contributed by atoms with Crippen LogP contribution in [-0.4, -0.2) is 32.2 Å². The fourth-order valence-corrected chi connectivity index (χ4v) is 3.69. The quantitative estimate of drug-likeness (QED) is 0.297. The molecule has 3 aromatic rings. The molecule has 0 bridgehead atoms. The van der Waals surface area contributed by atoms with Gasteiger partial charge in [-0.1, -0.05) is 115 Å². The highest BCUT2D eigenvalue weighted by molar-refractivity contribution is 7.86. The zero-order valence-corrected chi connectivity index (χ0v) is 27.7. The van der Waals surface area contributed by atoms with Crippen molar-refractivity contribution in [2.75, 3.05) is 6.26 Å². The van der Waals surface area contributed by atoms with Crippen LogP contribution in [0.3, 0.4) is 0 Å². The van der Waals surface area contributed by atoms with Gasteiger partial charge in [0.05, 0.1) is 11.2 Å². The van der Waals surface area contributed by atoms with Gasteiger partial charge in [-0.25, -0.2) is 0 Å². The van der Waals surface area contributed by atoms with E-state index < -0.39 is 20.2 Å². The summed E-state index contributed by atoms with van der Waals surface area (Å²) in [6.45, 7) is 22.2. The molecular formula is C31H52O6S2. The van der Waals surface area contributed by atoms with Gasteiger partial charge in [0.25, 0.3) is 20.2 Å². The van der Waals surface area contributed by atoms with E-state index in [0.717, 1.165) is 28.3 Å². The summed E-state index contributed by atoms with van der Waals surface area (Å²) >= 11 is 0. The first-order valence-corrected chi connectivity index (χ1v) is 16.8. The summed E-state index contributed by atoms with van der Waals surface area (Å²) in [4.78, 5) is -0.00639. The van der Waals surface area contributed by atoms with E-state index in [-0.39, 0.29) is 4.90 Å². The topological polar surface area (TPSA) is 109 Å². The number of rotatable bonds is 3. The minimum atomic E-state index is -4.16. The maximum Gasteiger partial charge on any atom is 0.294 e. The van der Waals surface area contributed by atoms with E-state index in [2.05, 4.69) is 52.0 Å². The van der Waals surface area contributed by atoms with Crippen LogP contribution < -0.4 is 0 Å². The lowest BCUT2D eigenvalue weighted by atomic mass is 9.99. The number of unbranched alkanes of at least 4 members (excludes halogenated alkanes) is 1. The first kappa shape index (κ1) is 41.2. The van der Waals surface area contributed by atoms with Crippen LogP contribution in [0.4, 0.5) is 0 Å². The molecule has 8 heteroatoms. The molecule has 0 aliphatic carbocycles. The second-order valence-corrected chi connectivity index (χ2v) is 11.3. The van der Waals surface area contributed by atoms with Crippen LogP contribution in [0.15, 0.2) is 53.4 Å². The van der Waals surface area contributed by atoms with Gasteiger partial charge in [-0.15, -0.1) is 0 Å². The molecule has 224 valence electrons. The standard InChI is InChI=1S/C13H14O3S.C9H12.C4H10.2C2H6.CH4O3S/c1-8-4-5-12-9(2)10(3)13(17(14,15)16)7-11(12)6-8;1-3-9-6-4-8(2)5-7-9;1-3-4-2;2*1-2;1-5(2,3)4/h4-7H,1-3H3,(H,14,15,16);4-7H,3H2,1-2H3;3-4H2,1-2H3;2*1-2H3;1H3,(H,2,3,4). The number of hydrogen-bond donors (Lipinski definition) is 2. The molecular weight excluding hydrogens is 532 g/mol. The average Bonchev–Trinajstić information content (AvgIpc) is 2.88. The number of aryl methyl sites for hydroxylation is 4. The maximum atomic E-state index is 11.3. The van der Waals surface area contributed by atoms with Crippen molar-refractivity contribution in [3.63, 3.8) is 0 Å². The molecule has 39 heavy (non-hydrogen) atoms. The van der Waals surface area contributed by atoms with Gasteiger partial charge in [0.2, 0.25) is 0 Å². The molecule has 0 saturated carbocycles. The Morgan fingerprint density at radius 2 is 1.05 bits per heavy atom. The van der Waals surface area contributed by atoms with Gasteiger partial charge in [-0.2, -0.15) is 16.8 Å². The van der Waals surface area contributed by atoms with E-state index in [9.17, 15) is 21.4 Å². The average molecular weight is 585 g/mol. The second kappa shape index (κ2) is 21.5. The number of fused-ring (bicyclic) bond motifs is 1. The van der Waals surface area contributed by atoms with Crippen molar-refractivity contribution in [3.05, 3.63) is 76.3 Å². The van der Waals surface area contributed by atoms with Crippen LogP contribution in [0.2, 0.25) is 0 Å². The first-order valence-electron chi connectivity index (χ1n) is 13.5.